The molecule has 0 bridgehead atoms. The van der Waals surface area contributed by atoms with Gasteiger partial charge >= 0.3 is 7.60 Å². The first-order valence-corrected chi connectivity index (χ1v) is 12.9. The second kappa shape index (κ2) is 9.88. The summed E-state index contributed by atoms with van der Waals surface area (Å²) in [5.41, 5.74) is 1.41. The highest BCUT2D eigenvalue weighted by molar-refractivity contribution is 7.99. The van der Waals surface area contributed by atoms with Crippen LogP contribution < -0.4 is 4.90 Å². The molecule has 2 aromatic carbocycles. The molecule has 0 fully saturated rings. The molecule has 1 aliphatic heterocycles. The Morgan fingerprint density at radius 2 is 1.60 bits per heavy atom. The average Bonchev–Trinajstić information content (AvgIpc) is 2.69. The van der Waals surface area contributed by atoms with Crippen molar-refractivity contribution in [3.8, 4) is 0 Å². The van der Waals surface area contributed by atoms with Gasteiger partial charge in [0.1, 0.15) is 6.16 Å². The molecule has 0 saturated carbocycles. The molecule has 162 valence electrons. The highest BCUT2D eigenvalue weighted by atomic mass is 35.5. The van der Waals surface area contributed by atoms with E-state index >= 15 is 0 Å². The molecular formula is C22H27ClNO4PS. The SMILES string of the molecule is CC(C)COP(=O)(CC(=O)N1c2ccccc2Sc2ccc(Cl)cc21)OCC(C)C. The number of para-hydroxylation sites is 1. The van der Waals surface area contributed by atoms with Gasteiger partial charge < -0.3 is 9.05 Å². The number of carbonyl (C=O) groups is 1. The van der Waals surface area contributed by atoms with E-state index in [0.717, 1.165) is 15.5 Å². The van der Waals surface area contributed by atoms with Crippen LogP contribution in [0.2, 0.25) is 5.02 Å². The van der Waals surface area contributed by atoms with Gasteiger partial charge in [0, 0.05) is 14.8 Å². The van der Waals surface area contributed by atoms with Crippen molar-refractivity contribution < 1.29 is 18.4 Å². The lowest BCUT2D eigenvalue weighted by molar-refractivity contribution is -0.115. The number of halogens is 1. The van der Waals surface area contributed by atoms with E-state index in [2.05, 4.69) is 0 Å². The molecule has 8 heteroatoms. The van der Waals surface area contributed by atoms with Crippen LogP contribution in [0.1, 0.15) is 27.7 Å². The van der Waals surface area contributed by atoms with E-state index in [1.807, 2.05) is 58.0 Å². The van der Waals surface area contributed by atoms with Gasteiger partial charge in [-0.3, -0.25) is 14.3 Å². The van der Waals surface area contributed by atoms with Crippen LogP contribution >= 0.6 is 31.0 Å². The van der Waals surface area contributed by atoms with Gasteiger partial charge in [0.15, 0.2) is 0 Å². The van der Waals surface area contributed by atoms with Crippen molar-refractivity contribution in [2.75, 3.05) is 24.3 Å². The van der Waals surface area contributed by atoms with E-state index in [-0.39, 0.29) is 37.1 Å². The Morgan fingerprint density at radius 3 is 2.23 bits per heavy atom. The molecule has 0 aliphatic carbocycles. The van der Waals surface area contributed by atoms with Crippen molar-refractivity contribution in [2.45, 2.75) is 37.5 Å². The fourth-order valence-electron chi connectivity index (χ4n) is 2.89. The van der Waals surface area contributed by atoms with Crippen LogP contribution in [-0.2, 0) is 18.4 Å². The monoisotopic (exact) mass is 467 g/mol. The first-order chi connectivity index (χ1) is 14.2. The van der Waals surface area contributed by atoms with Gasteiger partial charge in [0.2, 0.25) is 5.91 Å². The van der Waals surface area contributed by atoms with Crippen LogP contribution in [0.15, 0.2) is 52.3 Å². The molecule has 0 radical (unpaired) electrons. The fraction of sp³-hybridized carbons (Fsp3) is 0.409. The van der Waals surface area contributed by atoms with Crippen LogP contribution in [0, 0.1) is 11.8 Å². The second-order valence-corrected chi connectivity index (χ2v) is 11.6. The van der Waals surface area contributed by atoms with Gasteiger partial charge in [0.25, 0.3) is 0 Å². The number of fused-ring (bicyclic) bond motifs is 2. The second-order valence-electron chi connectivity index (χ2n) is 8.06. The van der Waals surface area contributed by atoms with Crippen LogP contribution in [0.4, 0.5) is 11.4 Å². The lowest BCUT2D eigenvalue weighted by Gasteiger charge is -2.32. The number of anilines is 2. The largest absolute Gasteiger partial charge is 0.340 e. The number of nitrogens with zero attached hydrogens (tertiary/aromatic N) is 1. The summed E-state index contributed by atoms with van der Waals surface area (Å²) in [5.74, 6) is -0.00689. The van der Waals surface area contributed by atoms with Gasteiger partial charge in [-0.1, -0.05) is 63.2 Å². The van der Waals surface area contributed by atoms with E-state index in [1.54, 1.807) is 28.8 Å². The number of benzene rings is 2. The minimum Gasteiger partial charge on any atom is -0.308 e. The molecule has 1 aliphatic rings. The minimum absolute atomic E-state index is 0.169. The van der Waals surface area contributed by atoms with Crippen molar-refractivity contribution in [1.29, 1.82) is 0 Å². The lowest BCUT2D eigenvalue weighted by Crippen LogP contribution is -2.31. The third-order valence-corrected chi connectivity index (χ3v) is 7.38. The van der Waals surface area contributed by atoms with Crippen molar-refractivity contribution in [3.05, 3.63) is 47.5 Å². The predicted octanol–water partition coefficient (Wildman–Crippen LogP) is 7.01. The number of hydrogen-bond acceptors (Lipinski definition) is 5. The molecular weight excluding hydrogens is 441 g/mol. The van der Waals surface area contributed by atoms with E-state index in [1.165, 1.54) is 0 Å². The standard InChI is InChI=1S/C22H27ClNO4PS/c1-15(2)12-27-29(26,28-13-16(3)4)14-22(25)24-18-7-5-6-8-20(18)30-21-10-9-17(23)11-19(21)24/h5-11,15-16H,12-14H2,1-4H3. The Bertz CT molecular complexity index is 950. The molecule has 0 saturated heterocycles. The Morgan fingerprint density at radius 1 is 1.00 bits per heavy atom. The summed E-state index contributed by atoms with van der Waals surface area (Å²) in [5, 5.41) is 0.529. The maximum Gasteiger partial charge on any atom is 0.340 e. The van der Waals surface area contributed by atoms with Crippen molar-refractivity contribution in [3.63, 3.8) is 0 Å². The lowest BCUT2D eigenvalue weighted by atomic mass is 10.2. The number of hydrogen-bond donors (Lipinski definition) is 0. The topological polar surface area (TPSA) is 55.8 Å². The van der Waals surface area contributed by atoms with Gasteiger partial charge in [-0.05, 0) is 42.2 Å². The van der Waals surface area contributed by atoms with Crippen LogP contribution in [0.5, 0.6) is 0 Å². The van der Waals surface area contributed by atoms with Crippen LogP contribution in [0.3, 0.4) is 0 Å². The maximum atomic E-state index is 13.5. The van der Waals surface area contributed by atoms with Crippen LogP contribution in [-0.4, -0.2) is 25.3 Å². The Balaban J connectivity index is 1.94. The predicted molar refractivity (Wildman–Crippen MR) is 123 cm³/mol. The Labute approximate surface area is 187 Å². The molecule has 5 nitrogen and oxygen atoms in total. The summed E-state index contributed by atoms with van der Waals surface area (Å²) in [6.07, 6.45) is -0.336. The molecule has 0 N–H and O–H groups in total. The average molecular weight is 468 g/mol. The molecule has 0 aromatic heterocycles. The third-order valence-electron chi connectivity index (χ3n) is 4.28. The zero-order valence-corrected chi connectivity index (χ0v) is 20.1. The molecule has 2 aromatic rings. The molecule has 1 amide bonds. The summed E-state index contributed by atoms with van der Waals surface area (Å²) >= 11 is 7.80. The minimum atomic E-state index is -3.62. The van der Waals surface area contributed by atoms with Crippen molar-refractivity contribution >= 4 is 48.2 Å². The number of rotatable bonds is 8. The first kappa shape index (κ1) is 23.4. The van der Waals surface area contributed by atoms with E-state index in [9.17, 15) is 9.36 Å². The van der Waals surface area contributed by atoms with Crippen molar-refractivity contribution in [2.24, 2.45) is 11.8 Å². The molecule has 1 heterocycles. The maximum absolute atomic E-state index is 13.5. The summed E-state index contributed by atoms with van der Waals surface area (Å²) in [4.78, 5) is 16.9. The van der Waals surface area contributed by atoms with E-state index < -0.39 is 7.60 Å². The van der Waals surface area contributed by atoms with Crippen molar-refractivity contribution in [1.82, 2.24) is 0 Å². The van der Waals surface area contributed by atoms with Gasteiger partial charge in [-0.25, -0.2) is 0 Å². The summed E-state index contributed by atoms with van der Waals surface area (Å²) < 4.78 is 24.8. The quantitative estimate of drug-likeness (QED) is 0.391. The van der Waals surface area contributed by atoms with Crippen LogP contribution in [0.25, 0.3) is 0 Å². The Kier molecular flexibility index (Phi) is 7.70. The summed E-state index contributed by atoms with van der Waals surface area (Å²) in [6, 6.07) is 13.1. The van der Waals surface area contributed by atoms with E-state index in [4.69, 9.17) is 20.6 Å². The van der Waals surface area contributed by atoms with Gasteiger partial charge in [-0.2, -0.15) is 0 Å². The molecule has 3 rings (SSSR count). The molecule has 0 spiro atoms. The summed E-state index contributed by atoms with van der Waals surface area (Å²) in [7, 11) is -3.62. The third kappa shape index (κ3) is 5.68. The first-order valence-electron chi connectivity index (χ1n) is 9.96. The zero-order chi connectivity index (χ0) is 21.9. The van der Waals surface area contributed by atoms with Gasteiger partial charge in [-0.15, -0.1) is 0 Å². The molecule has 0 unspecified atom stereocenters. The summed E-state index contributed by atoms with van der Waals surface area (Å²) in [6.45, 7) is 8.38. The van der Waals surface area contributed by atoms with Gasteiger partial charge in [0.05, 0.1) is 24.6 Å². The van der Waals surface area contributed by atoms with E-state index in [0.29, 0.717) is 10.7 Å². The number of carbonyl (C=O) groups excluding carboxylic acids is 1. The molecule has 30 heavy (non-hydrogen) atoms. The highest BCUT2D eigenvalue weighted by Crippen LogP contribution is 2.53. The fourth-order valence-corrected chi connectivity index (χ4v) is 5.87. The highest BCUT2D eigenvalue weighted by Gasteiger charge is 2.35. The normalized spacial score (nSPS) is 13.5. The number of amides is 1. The smallest absolute Gasteiger partial charge is 0.308 e. The zero-order valence-electron chi connectivity index (χ0n) is 17.6. The Hall–Kier alpha value is -1.30. The molecule has 0 atom stereocenters.